The Kier molecular flexibility index (Phi) is 4.41. The number of hydrogen-bond acceptors (Lipinski definition) is 6. The van der Waals surface area contributed by atoms with Crippen molar-refractivity contribution >= 4 is 33.4 Å². The van der Waals surface area contributed by atoms with E-state index in [1.165, 1.54) is 23.2 Å². The molecule has 1 aromatic carbocycles. The number of imidazole rings is 1. The predicted molar refractivity (Wildman–Crippen MR) is 101 cm³/mol. The molecule has 0 spiro atoms. The smallest absolute Gasteiger partial charge is 0.280 e. The van der Waals surface area contributed by atoms with E-state index < -0.39 is 22.0 Å². The largest absolute Gasteiger partial charge is 0.337 e. The number of nitrogens with one attached hydrogen (secondary N) is 2. The van der Waals surface area contributed by atoms with Crippen molar-refractivity contribution in [3.63, 3.8) is 0 Å². The zero-order valence-electron chi connectivity index (χ0n) is 15.8. The van der Waals surface area contributed by atoms with Gasteiger partial charge in [0.25, 0.3) is 15.9 Å². The number of sulfonamides is 1. The number of hydrogen-bond donors (Lipinski definition) is 2. The number of piperidine rings is 1. The highest BCUT2D eigenvalue weighted by molar-refractivity contribution is 7.92. The molecule has 2 aliphatic rings. The maximum atomic E-state index is 12.7. The first-order valence-corrected chi connectivity index (χ1v) is 10.4. The molecule has 1 fully saturated rings. The molecule has 29 heavy (non-hydrogen) atoms. The van der Waals surface area contributed by atoms with Crippen LogP contribution in [0, 0.1) is 6.92 Å². The van der Waals surface area contributed by atoms with Gasteiger partial charge in [0.15, 0.2) is 5.03 Å². The van der Waals surface area contributed by atoms with Crippen molar-refractivity contribution in [2.75, 3.05) is 4.72 Å². The van der Waals surface area contributed by atoms with Crippen LogP contribution >= 0.6 is 0 Å². The maximum Gasteiger partial charge on any atom is 0.280 e. The Labute approximate surface area is 167 Å². The van der Waals surface area contributed by atoms with E-state index in [9.17, 15) is 22.8 Å². The Hall–Kier alpha value is -3.21. The molecule has 1 aromatic heterocycles. The average Bonchev–Trinajstić information content (AvgIpc) is 3.15. The Bertz CT molecular complexity index is 1130. The monoisotopic (exact) mass is 417 g/mol. The number of aromatic nitrogens is 2. The molecule has 1 unspecified atom stereocenters. The van der Waals surface area contributed by atoms with E-state index in [1.807, 2.05) is 0 Å². The van der Waals surface area contributed by atoms with Crippen LogP contribution < -0.4 is 10.0 Å². The SMILES string of the molecule is Cc1nc(S(=O)(=O)Nc2ccc3c(c2)CN(C2CCC(=O)NC2=O)C3=O)cn1C. The van der Waals surface area contributed by atoms with Gasteiger partial charge in [-0.3, -0.25) is 24.4 Å². The quantitative estimate of drug-likeness (QED) is 0.688. The van der Waals surface area contributed by atoms with Crippen molar-refractivity contribution in [1.82, 2.24) is 19.8 Å². The lowest BCUT2D eigenvalue weighted by atomic mass is 10.0. The molecule has 2 aromatic rings. The number of fused-ring (bicyclic) bond motifs is 1. The number of imide groups is 1. The van der Waals surface area contributed by atoms with E-state index in [0.717, 1.165) is 0 Å². The van der Waals surface area contributed by atoms with Crippen LogP contribution in [0.1, 0.15) is 34.6 Å². The van der Waals surface area contributed by atoms with Gasteiger partial charge in [0.05, 0.1) is 0 Å². The number of nitrogens with zero attached hydrogens (tertiary/aromatic N) is 3. The summed E-state index contributed by atoms with van der Waals surface area (Å²) in [5.74, 6) is -0.597. The minimum atomic E-state index is -3.88. The zero-order chi connectivity index (χ0) is 20.9. The van der Waals surface area contributed by atoms with E-state index in [-0.39, 0.29) is 36.2 Å². The topological polar surface area (TPSA) is 130 Å². The normalized spacial score (nSPS) is 19.3. The molecule has 152 valence electrons. The summed E-state index contributed by atoms with van der Waals surface area (Å²) in [6.07, 6.45) is 1.85. The first-order valence-electron chi connectivity index (χ1n) is 8.96. The minimum Gasteiger partial charge on any atom is -0.337 e. The Balaban J connectivity index is 1.56. The zero-order valence-corrected chi connectivity index (χ0v) is 16.6. The van der Waals surface area contributed by atoms with Gasteiger partial charge >= 0.3 is 0 Å². The van der Waals surface area contributed by atoms with Crippen molar-refractivity contribution in [3.8, 4) is 0 Å². The minimum absolute atomic E-state index is 0.0979. The Morgan fingerprint density at radius 3 is 2.66 bits per heavy atom. The molecule has 2 aliphatic heterocycles. The van der Waals surface area contributed by atoms with Crippen LogP contribution in [0.2, 0.25) is 0 Å². The number of rotatable bonds is 4. The summed E-state index contributed by atoms with van der Waals surface area (Å²) in [5, 5.41) is 2.15. The molecule has 4 rings (SSSR count). The fourth-order valence-electron chi connectivity index (χ4n) is 3.50. The van der Waals surface area contributed by atoms with Gasteiger partial charge in [0.2, 0.25) is 11.8 Å². The number of aryl methyl sites for hydroxylation is 2. The molecule has 1 atom stereocenters. The molecule has 3 heterocycles. The summed E-state index contributed by atoms with van der Waals surface area (Å²) in [6.45, 7) is 1.86. The maximum absolute atomic E-state index is 12.7. The lowest BCUT2D eigenvalue weighted by Gasteiger charge is -2.29. The van der Waals surface area contributed by atoms with Crippen molar-refractivity contribution in [2.45, 2.75) is 37.4 Å². The predicted octanol–water partition coefficient (Wildman–Crippen LogP) is 0.290. The summed E-state index contributed by atoms with van der Waals surface area (Å²) in [5.41, 5.74) is 1.31. The van der Waals surface area contributed by atoms with Gasteiger partial charge < -0.3 is 9.47 Å². The van der Waals surface area contributed by atoms with E-state index >= 15 is 0 Å². The fourth-order valence-corrected chi connectivity index (χ4v) is 4.59. The lowest BCUT2D eigenvalue weighted by Crippen LogP contribution is -2.52. The van der Waals surface area contributed by atoms with Gasteiger partial charge in [0, 0.05) is 37.5 Å². The first kappa shape index (κ1) is 19.1. The van der Waals surface area contributed by atoms with Crippen LogP contribution in [-0.2, 0) is 33.2 Å². The highest BCUT2D eigenvalue weighted by Crippen LogP contribution is 2.30. The number of benzene rings is 1. The molecular formula is C18H19N5O5S. The average molecular weight is 417 g/mol. The van der Waals surface area contributed by atoms with Crippen LogP contribution in [0.15, 0.2) is 29.4 Å². The van der Waals surface area contributed by atoms with Crippen LogP contribution in [0.5, 0.6) is 0 Å². The second-order valence-electron chi connectivity index (χ2n) is 7.11. The van der Waals surface area contributed by atoms with Gasteiger partial charge in [-0.1, -0.05) is 0 Å². The van der Waals surface area contributed by atoms with E-state index in [1.54, 1.807) is 24.6 Å². The fraction of sp³-hybridized carbons (Fsp3) is 0.333. The highest BCUT2D eigenvalue weighted by Gasteiger charge is 2.39. The van der Waals surface area contributed by atoms with Gasteiger partial charge in [-0.05, 0) is 37.1 Å². The van der Waals surface area contributed by atoms with Crippen LogP contribution in [0.4, 0.5) is 5.69 Å². The second kappa shape index (κ2) is 6.69. The molecule has 0 saturated carbocycles. The van der Waals surface area contributed by atoms with E-state index in [0.29, 0.717) is 22.6 Å². The standard InChI is InChI=1S/C18H19N5O5S/c1-10-19-16(9-22(10)2)29(27,28)21-12-3-4-13-11(7-12)8-23(18(13)26)14-5-6-15(24)20-17(14)25/h3-4,7,9,14,21H,5-6,8H2,1-2H3,(H,20,24,25). The van der Waals surface area contributed by atoms with Crippen LogP contribution in [0.25, 0.3) is 0 Å². The van der Waals surface area contributed by atoms with Gasteiger partial charge in [-0.2, -0.15) is 8.42 Å². The molecular weight excluding hydrogens is 398 g/mol. The van der Waals surface area contributed by atoms with Crippen molar-refractivity contribution < 1.29 is 22.8 Å². The molecule has 2 N–H and O–H groups in total. The molecule has 0 bridgehead atoms. The van der Waals surface area contributed by atoms with Crippen molar-refractivity contribution in [1.29, 1.82) is 0 Å². The van der Waals surface area contributed by atoms with Crippen molar-refractivity contribution in [2.24, 2.45) is 7.05 Å². The summed E-state index contributed by atoms with van der Waals surface area (Å²) >= 11 is 0. The van der Waals surface area contributed by atoms with Crippen LogP contribution in [0.3, 0.4) is 0 Å². The molecule has 0 aliphatic carbocycles. The molecule has 10 nitrogen and oxygen atoms in total. The second-order valence-corrected chi connectivity index (χ2v) is 8.74. The number of anilines is 1. The third kappa shape index (κ3) is 3.37. The van der Waals surface area contributed by atoms with Gasteiger partial charge in [-0.15, -0.1) is 0 Å². The van der Waals surface area contributed by atoms with Crippen molar-refractivity contribution in [3.05, 3.63) is 41.3 Å². The van der Waals surface area contributed by atoms with E-state index in [4.69, 9.17) is 0 Å². The number of carbonyl (C=O) groups is 3. The molecule has 11 heteroatoms. The summed E-state index contributed by atoms with van der Waals surface area (Å²) in [6, 6.07) is 3.89. The summed E-state index contributed by atoms with van der Waals surface area (Å²) < 4.78 is 29.2. The summed E-state index contributed by atoms with van der Waals surface area (Å²) in [7, 11) is -2.18. The van der Waals surface area contributed by atoms with Gasteiger partial charge in [-0.25, -0.2) is 4.98 Å². The molecule has 1 saturated heterocycles. The number of carbonyl (C=O) groups excluding carboxylic acids is 3. The Morgan fingerprint density at radius 1 is 1.24 bits per heavy atom. The van der Waals surface area contributed by atoms with E-state index in [2.05, 4.69) is 15.0 Å². The first-order chi connectivity index (χ1) is 13.7. The molecule has 0 radical (unpaired) electrons. The molecule has 3 amide bonds. The summed E-state index contributed by atoms with van der Waals surface area (Å²) in [4.78, 5) is 41.6. The lowest BCUT2D eigenvalue weighted by molar-refractivity contribution is -0.136. The van der Waals surface area contributed by atoms with Crippen LogP contribution in [-0.4, -0.2) is 46.6 Å². The third-order valence-corrected chi connectivity index (χ3v) is 6.39. The highest BCUT2D eigenvalue weighted by atomic mass is 32.2. The number of amides is 3. The van der Waals surface area contributed by atoms with Gasteiger partial charge in [0.1, 0.15) is 11.9 Å². The Morgan fingerprint density at radius 2 is 2.00 bits per heavy atom. The third-order valence-electron chi connectivity index (χ3n) is 5.14.